The summed E-state index contributed by atoms with van der Waals surface area (Å²) in [6, 6.07) is 7.20. The highest BCUT2D eigenvalue weighted by Gasteiger charge is 2.18. The number of anilines is 1. The van der Waals surface area contributed by atoms with Gasteiger partial charge in [-0.05, 0) is 50.6 Å². The molecule has 160 valence electrons. The highest BCUT2D eigenvalue weighted by molar-refractivity contribution is 5.85. The lowest BCUT2D eigenvalue weighted by Crippen LogP contribution is -2.32. The van der Waals surface area contributed by atoms with E-state index in [0.717, 1.165) is 5.56 Å². The fraction of sp³-hybridized carbons (Fsp3) is 0.300. The van der Waals surface area contributed by atoms with Gasteiger partial charge in [-0.2, -0.15) is 4.98 Å². The van der Waals surface area contributed by atoms with Crippen LogP contribution < -0.4 is 11.1 Å². The Labute approximate surface area is 177 Å². The normalized spacial score (nSPS) is 11.6. The van der Waals surface area contributed by atoms with Gasteiger partial charge in [0.1, 0.15) is 11.3 Å². The van der Waals surface area contributed by atoms with Crippen molar-refractivity contribution < 1.29 is 13.9 Å². The van der Waals surface area contributed by atoms with Crippen molar-refractivity contribution in [1.29, 1.82) is 0 Å². The zero-order valence-electron chi connectivity index (χ0n) is 17.4. The van der Waals surface area contributed by atoms with Crippen LogP contribution in [0.15, 0.2) is 41.1 Å². The maximum Gasteiger partial charge on any atom is 0.407 e. The molecule has 0 spiro atoms. The Hall–Kier alpha value is -4.02. The summed E-state index contributed by atoms with van der Waals surface area (Å²) in [7, 11) is 0. The van der Waals surface area contributed by atoms with Gasteiger partial charge in [0, 0.05) is 12.7 Å². The zero-order valence-corrected chi connectivity index (χ0v) is 17.4. The number of furan rings is 1. The van der Waals surface area contributed by atoms with E-state index in [1.807, 2.05) is 32.9 Å². The summed E-state index contributed by atoms with van der Waals surface area (Å²) < 4.78 is 12.3. The Kier molecular flexibility index (Phi) is 5.24. The van der Waals surface area contributed by atoms with Crippen LogP contribution in [0.3, 0.4) is 0 Å². The molecule has 0 unspecified atom stereocenters. The summed E-state index contributed by atoms with van der Waals surface area (Å²) in [6.07, 6.45) is 2.73. The van der Waals surface area contributed by atoms with E-state index in [-0.39, 0.29) is 5.95 Å². The van der Waals surface area contributed by atoms with Gasteiger partial charge in [-0.25, -0.2) is 14.5 Å². The van der Waals surface area contributed by atoms with Crippen LogP contribution in [0.5, 0.6) is 0 Å². The highest BCUT2D eigenvalue weighted by atomic mass is 16.6. The largest absolute Gasteiger partial charge is 0.463 e. The van der Waals surface area contributed by atoms with Gasteiger partial charge in [0.05, 0.1) is 18.5 Å². The molecule has 0 fully saturated rings. The van der Waals surface area contributed by atoms with Gasteiger partial charge in [-0.15, -0.1) is 5.10 Å². The molecule has 3 N–H and O–H groups in total. The molecule has 1 amide bonds. The first-order chi connectivity index (χ1) is 14.8. The fourth-order valence-corrected chi connectivity index (χ4v) is 2.93. The number of nitrogens with zero attached hydrogens (tertiary/aromatic N) is 6. The molecule has 31 heavy (non-hydrogen) atoms. The van der Waals surface area contributed by atoms with Crippen LogP contribution in [-0.4, -0.2) is 41.6 Å². The second kappa shape index (κ2) is 8.01. The van der Waals surface area contributed by atoms with Crippen molar-refractivity contribution in [2.24, 2.45) is 0 Å². The summed E-state index contributed by atoms with van der Waals surface area (Å²) in [5.74, 6) is 0.616. The number of nitrogens with two attached hydrogens (primary N) is 1. The Bertz CT molecular complexity index is 1210. The number of carbonyl (C=O) groups excluding carboxylic acids is 1. The van der Waals surface area contributed by atoms with E-state index in [0.29, 0.717) is 41.4 Å². The standard InChI is InChI=1S/C20H22N8O3/c1-20(2,3)31-19(29)23-10-12-6-7-22-13(9-12)11-28-17-16(26-27-28)15(24-18(21)25-17)14-5-4-8-30-14/h4-9H,10-11H2,1-3H3,(H,23,29)(H2,21,24,25). The van der Waals surface area contributed by atoms with Gasteiger partial charge >= 0.3 is 6.09 Å². The Balaban J connectivity index is 1.54. The van der Waals surface area contributed by atoms with Gasteiger partial charge < -0.3 is 20.2 Å². The predicted octanol–water partition coefficient (Wildman–Crippen LogP) is 2.53. The molecule has 4 heterocycles. The first kappa shape index (κ1) is 20.3. The molecule has 0 saturated carbocycles. The van der Waals surface area contributed by atoms with Crippen molar-refractivity contribution in [3.8, 4) is 11.5 Å². The number of pyridine rings is 1. The van der Waals surface area contributed by atoms with Crippen LogP contribution in [0.1, 0.15) is 32.0 Å². The highest BCUT2D eigenvalue weighted by Crippen LogP contribution is 2.25. The topological polar surface area (TPSA) is 147 Å². The first-order valence-corrected chi connectivity index (χ1v) is 9.60. The van der Waals surface area contributed by atoms with Gasteiger partial charge in [0.15, 0.2) is 16.9 Å². The minimum atomic E-state index is -0.556. The molecule has 11 nitrogen and oxygen atoms in total. The van der Waals surface area contributed by atoms with Crippen LogP contribution in [0.2, 0.25) is 0 Å². The monoisotopic (exact) mass is 422 g/mol. The number of hydrogen-bond acceptors (Lipinski definition) is 9. The third kappa shape index (κ3) is 4.77. The zero-order chi connectivity index (χ0) is 22.0. The molecular weight excluding hydrogens is 400 g/mol. The van der Waals surface area contributed by atoms with E-state index < -0.39 is 11.7 Å². The van der Waals surface area contributed by atoms with Gasteiger partial charge in [0.25, 0.3) is 0 Å². The maximum absolute atomic E-state index is 11.9. The number of amides is 1. The number of hydrogen-bond donors (Lipinski definition) is 2. The van der Waals surface area contributed by atoms with Crippen LogP contribution in [0.4, 0.5) is 10.7 Å². The number of carbonyl (C=O) groups is 1. The Morgan fingerprint density at radius 1 is 1.29 bits per heavy atom. The maximum atomic E-state index is 11.9. The number of rotatable bonds is 5. The SMILES string of the molecule is CC(C)(C)OC(=O)NCc1ccnc(Cn2nnc3c(-c4ccco4)nc(N)nc32)c1. The molecule has 4 aromatic heterocycles. The smallest absolute Gasteiger partial charge is 0.407 e. The van der Waals surface area contributed by atoms with Gasteiger partial charge in [0.2, 0.25) is 5.95 Å². The lowest BCUT2D eigenvalue weighted by molar-refractivity contribution is 0.0523. The van der Waals surface area contributed by atoms with Crippen LogP contribution in [0.25, 0.3) is 22.6 Å². The molecule has 0 atom stereocenters. The van der Waals surface area contributed by atoms with Crippen molar-refractivity contribution in [2.75, 3.05) is 5.73 Å². The molecule has 0 bridgehead atoms. The van der Waals surface area contributed by atoms with E-state index in [1.54, 1.807) is 29.3 Å². The third-order valence-corrected chi connectivity index (χ3v) is 4.16. The average Bonchev–Trinajstić information content (AvgIpc) is 3.36. The van der Waals surface area contributed by atoms with Crippen molar-refractivity contribution in [1.82, 2.24) is 35.3 Å². The van der Waals surface area contributed by atoms with Crippen molar-refractivity contribution in [3.05, 3.63) is 48.0 Å². The first-order valence-electron chi connectivity index (χ1n) is 9.60. The third-order valence-electron chi connectivity index (χ3n) is 4.16. The van der Waals surface area contributed by atoms with E-state index in [4.69, 9.17) is 14.9 Å². The summed E-state index contributed by atoms with van der Waals surface area (Å²) in [5.41, 5.74) is 8.34. The molecule has 0 aliphatic carbocycles. The second-order valence-corrected chi connectivity index (χ2v) is 7.84. The van der Waals surface area contributed by atoms with E-state index in [2.05, 4.69) is 30.6 Å². The number of nitrogens with one attached hydrogen (secondary N) is 1. The average molecular weight is 422 g/mol. The summed E-state index contributed by atoms with van der Waals surface area (Å²) in [5, 5.41) is 11.1. The van der Waals surface area contributed by atoms with E-state index >= 15 is 0 Å². The quantitative estimate of drug-likeness (QED) is 0.495. The van der Waals surface area contributed by atoms with Crippen LogP contribution >= 0.6 is 0 Å². The van der Waals surface area contributed by atoms with Crippen LogP contribution in [0, 0.1) is 0 Å². The Morgan fingerprint density at radius 3 is 2.87 bits per heavy atom. The molecule has 0 saturated heterocycles. The lowest BCUT2D eigenvalue weighted by atomic mass is 10.2. The van der Waals surface area contributed by atoms with Crippen LogP contribution in [-0.2, 0) is 17.8 Å². The molecule has 0 aliphatic rings. The number of nitrogen functional groups attached to an aromatic ring is 1. The molecule has 0 aromatic carbocycles. The molecule has 4 aromatic rings. The van der Waals surface area contributed by atoms with E-state index in [1.165, 1.54) is 0 Å². The fourth-order valence-electron chi connectivity index (χ4n) is 2.93. The number of fused-ring (bicyclic) bond motifs is 1. The van der Waals surface area contributed by atoms with Gasteiger partial charge in [-0.1, -0.05) is 5.21 Å². The number of ether oxygens (including phenoxy) is 1. The minimum Gasteiger partial charge on any atom is -0.463 e. The Morgan fingerprint density at radius 2 is 2.13 bits per heavy atom. The minimum absolute atomic E-state index is 0.0886. The number of alkyl carbamates (subject to hydrolysis) is 1. The van der Waals surface area contributed by atoms with E-state index in [9.17, 15) is 4.79 Å². The molecular formula is C20H22N8O3. The van der Waals surface area contributed by atoms with Crippen molar-refractivity contribution >= 4 is 23.2 Å². The number of aromatic nitrogens is 6. The molecule has 4 rings (SSSR count). The summed E-state index contributed by atoms with van der Waals surface area (Å²) in [6.45, 7) is 6.05. The molecule has 0 aliphatic heterocycles. The summed E-state index contributed by atoms with van der Waals surface area (Å²) >= 11 is 0. The van der Waals surface area contributed by atoms with Crippen molar-refractivity contribution in [2.45, 2.75) is 39.5 Å². The molecule has 11 heteroatoms. The van der Waals surface area contributed by atoms with Crippen molar-refractivity contribution in [3.63, 3.8) is 0 Å². The predicted molar refractivity (Wildman–Crippen MR) is 112 cm³/mol. The summed E-state index contributed by atoms with van der Waals surface area (Å²) in [4.78, 5) is 24.8. The lowest BCUT2D eigenvalue weighted by Gasteiger charge is -2.19. The second-order valence-electron chi connectivity index (χ2n) is 7.84. The molecule has 0 radical (unpaired) electrons. The van der Waals surface area contributed by atoms with Gasteiger partial charge in [-0.3, -0.25) is 4.98 Å².